The highest BCUT2D eigenvalue weighted by Crippen LogP contribution is 2.19. The second kappa shape index (κ2) is 11.5. The fourth-order valence-electron chi connectivity index (χ4n) is 2.59. The Morgan fingerprint density at radius 3 is 2.38 bits per heavy atom. The molecule has 0 aliphatic carbocycles. The van der Waals surface area contributed by atoms with Crippen molar-refractivity contribution in [2.24, 2.45) is 5.73 Å². The molecule has 1 aromatic carbocycles. The van der Waals surface area contributed by atoms with Crippen molar-refractivity contribution in [3.63, 3.8) is 0 Å². The van der Waals surface area contributed by atoms with Gasteiger partial charge >= 0.3 is 5.97 Å². The van der Waals surface area contributed by atoms with Crippen LogP contribution in [0.5, 0.6) is 5.75 Å². The van der Waals surface area contributed by atoms with Gasteiger partial charge in [0.15, 0.2) is 0 Å². The zero-order chi connectivity index (χ0) is 15.9. The van der Waals surface area contributed by atoms with Gasteiger partial charge in [0, 0.05) is 13.1 Å². The van der Waals surface area contributed by atoms with Crippen LogP contribution in [0.25, 0.3) is 0 Å². The van der Waals surface area contributed by atoms with Crippen LogP contribution in [0.2, 0.25) is 0 Å². The van der Waals surface area contributed by atoms with E-state index in [9.17, 15) is 4.79 Å². The van der Waals surface area contributed by atoms with E-state index in [1.807, 2.05) is 24.3 Å². The summed E-state index contributed by atoms with van der Waals surface area (Å²) in [6.45, 7) is 4.30. The van der Waals surface area contributed by atoms with Gasteiger partial charge in [0.1, 0.15) is 17.9 Å². The summed E-state index contributed by atoms with van der Waals surface area (Å²) >= 11 is 0. The largest absolute Gasteiger partial charge is 0.490 e. The van der Waals surface area contributed by atoms with Crippen LogP contribution in [0.15, 0.2) is 24.3 Å². The number of piperidine rings is 1. The van der Waals surface area contributed by atoms with E-state index in [2.05, 4.69) is 11.9 Å². The average Bonchev–Trinajstić information content (AvgIpc) is 2.51. The second-order valence-corrected chi connectivity index (χ2v) is 5.83. The highest BCUT2D eigenvalue weighted by Gasteiger charge is 2.18. The van der Waals surface area contributed by atoms with Crippen LogP contribution in [-0.2, 0) is 16.0 Å². The van der Waals surface area contributed by atoms with E-state index in [4.69, 9.17) is 15.2 Å². The molecule has 2 N–H and O–H groups in total. The fourth-order valence-corrected chi connectivity index (χ4v) is 2.59. The van der Waals surface area contributed by atoms with Crippen LogP contribution in [0, 0.1) is 0 Å². The number of esters is 1. The molecule has 0 amide bonds. The number of nitrogens with zero attached hydrogens (tertiary/aromatic N) is 1. The van der Waals surface area contributed by atoms with Gasteiger partial charge < -0.3 is 20.1 Å². The van der Waals surface area contributed by atoms with E-state index < -0.39 is 6.04 Å². The van der Waals surface area contributed by atoms with Crippen molar-refractivity contribution in [1.29, 1.82) is 0 Å². The number of rotatable bonds is 6. The lowest BCUT2D eigenvalue weighted by molar-refractivity contribution is -0.144. The van der Waals surface area contributed by atoms with Gasteiger partial charge in [-0.25, -0.2) is 0 Å². The lowest BCUT2D eigenvalue weighted by Crippen LogP contribution is -2.35. The molecule has 1 aliphatic rings. The molecule has 1 heterocycles. The lowest BCUT2D eigenvalue weighted by atomic mass is 10.1. The molecule has 1 aromatic rings. The minimum atomic E-state index is -0.611. The molecule has 0 spiro atoms. The normalized spacial score (nSPS) is 16.5. The number of nitrogens with two attached hydrogens (primary N) is 1. The first-order chi connectivity index (χ1) is 10.6. The molecule has 1 atom stereocenters. The number of likely N-dealkylation sites (tertiary alicyclic amines) is 1. The minimum absolute atomic E-state index is 0. The van der Waals surface area contributed by atoms with Crippen LogP contribution in [0.3, 0.4) is 0 Å². The van der Waals surface area contributed by atoms with Gasteiger partial charge in [-0.15, -0.1) is 24.8 Å². The van der Waals surface area contributed by atoms with Crippen molar-refractivity contribution < 1.29 is 14.3 Å². The van der Waals surface area contributed by atoms with E-state index >= 15 is 0 Å². The molecule has 138 valence electrons. The molecule has 1 saturated heterocycles. The van der Waals surface area contributed by atoms with E-state index in [0.717, 1.165) is 37.2 Å². The lowest BCUT2D eigenvalue weighted by Gasteiger charge is -2.29. The molecular weight excluding hydrogens is 351 g/mol. The highest BCUT2D eigenvalue weighted by atomic mass is 35.5. The fraction of sp³-hybridized carbons (Fsp3) is 0.588. The molecule has 7 heteroatoms. The zero-order valence-electron chi connectivity index (χ0n) is 14.3. The summed E-state index contributed by atoms with van der Waals surface area (Å²) in [4.78, 5) is 13.8. The molecule has 0 bridgehead atoms. The van der Waals surface area contributed by atoms with Crippen molar-refractivity contribution in [2.45, 2.75) is 38.3 Å². The molecule has 0 aromatic heterocycles. The molecule has 1 fully saturated rings. The quantitative estimate of drug-likeness (QED) is 0.770. The Bertz CT molecular complexity index is 477. The summed E-state index contributed by atoms with van der Waals surface area (Å²) < 4.78 is 10.9. The maximum atomic E-state index is 11.5. The zero-order valence-corrected chi connectivity index (χ0v) is 15.9. The molecule has 0 unspecified atom stereocenters. The van der Waals surface area contributed by atoms with Gasteiger partial charge in [-0.3, -0.25) is 4.79 Å². The Morgan fingerprint density at radius 1 is 1.25 bits per heavy atom. The third-order valence-corrected chi connectivity index (χ3v) is 3.94. The second-order valence-electron chi connectivity index (χ2n) is 5.83. The van der Waals surface area contributed by atoms with Crippen molar-refractivity contribution in [3.8, 4) is 5.75 Å². The maximum Gasteiger partial charge on any atom is 0.323 e. The summed E-state index contributed by atoms with van der Waals surface area (Å²) in [5, 5.41) is 0. The van der Waals surface area contributed by atoms with Crippen molar-refractivity contribution >= 4 is 30.8 Å². The Hall–Kier alpha value is -1.01. The molecule has 1 aliphatic heterocycles. The Morgan fingerprint density at radius 2 is 1.83 bits per heavy atom. The number of benzene rings is 1. The Kier molecular flexibility index (Phi) is 11.0. The molecule has 2 rings (SSSR count). The van der Waals surface area contributed by atoms with Crippen LogP contribution >= 0.6 is 24.8 Å². The summed E-state index contributed by atoms with van der Waals surface area (Å²) in [7, 11) is 2.14. The van der Waals surface area contributed by atoms with E-state index in [0.29, 0.717) is 19.1 Å². The number of ether oxygens (including phenoxy) is 2. The minimum Gasteiger partial charge on any atom is -0.490 e. The van der Waals surface area contributed by atoms with Crippen LogP contribution in [0.1, 0.15) is 25.3 Å². The van der Waals surface area contributed by atoms with Gasteiger partial charge in [-0.1, -0.05) is 12.1 Å². The summed E-state index contributed by atoms with van der Waals surface area (Å²) in [6, 6.07) is 7.21. The van der Waals surface area contributed by atoms with Gasteiger partial charge in [-0.2, -0.15) is 0 Å². The van der Waals surface area contributed by atoms with E-state index in [1.165, 1.54) is 0 Å². The van der Waals surface area contributed by atoms with Gasteiger partial charge in [-0.05, 0) is 50.9 Å². The number of carbonyl (C=O) groups is 1. The maximum absolute atomic E-state index is 11.5. The van der Waals surface area contributed by atoms with Gasteiger partial charge in [0.2, 0.25) is 0 Å². The summed E-state index contributed by atoms with van der Waals surface area (Å²) in [5.41, 5.74) is 6.84. The highest BCUT2D eigenvalue weighted by molar-refractivity contribution is 5.85. The number of halogens is 2. The first-order valence-electron chi connectivity index (χ1n) is 7.95. The summed E-state index contributed by atoms with van der Waals surface area (Å²) in [5.74, 6) is 0.525. The predicted octanol–water partition coefficient (Wildman–Crippen LogP) is 2.44. The smallest absolute Gasteiger partial charge is 0.323 e. The molecule has 5 nitrogen and oxygen atoms in total. The average molecular weight is 379 g/mol. The van der Waals surface area contributed by atoms with Gasteiger partial charge in [0.25, 0.3) is 0 Å². The van der Waals surface area contributed by atoms with Crippen LogP contribution in [-0.4, -0.2) is 49.8 Å². The Labute approximate surface area is 156 Å². The van der Waals surface area contributed by atoms with E-state index in [-0.39, 0.29) is 30.8 Å². The SMILES string of the molecule is CCOC(=O)[C@@H](N)Cc1ccc(OC2CCN(C)CC2)cc1.Cl.Cl. The van der Waals surface area contributed by atoms with Crippen molar-refractivity contribution in [3.05, 3.63) is 29.8 Å². The van der Waals surface area contributed by atoms with Crippen molar-refractivity contribution in [1.82, 2.24) is 4.90 Å². The van der Waals surface area contributed by atoms with E-state index in [1.54, 1.807) is 6.92 Å². The van der Waals surface area contributed by atoms with Crippen LogP contribution < -0.4 is 10.5 Å². The van der Waals surface area contributed by atoms with Gasteiger partial charge in [0.05, 0.1) is 6.61 Å². The molecule has 24 heavy (non-hydrogen) atoms. The first kappa shape index (κ1) is 23.0. The predicted molar refractivity (Wildman–Crippen MR) is 100 cm³/mol. The molecule has 0 saturated carbocycles. The number of hydrogen-bond acceptors (Lipinski definition) is 5. The standard InChI is InChI=1S/C17H26N2O3.2ClH/c1-3-21-17(20)16(18)12-13-4-6-14(7-5-13)22-15-8-10-19(2)11-9-15;;/h4-7,15-16H,3,8-12,18H2,1-2H3;2*1H/t16-;;/m0../s1. The Balaban J connectivity index is 0.00000264. The first-order valence-corrected chi connectivity index (χ1v) is 7.95. The topological polar surface area (TPSA) is 64.8 Å². The summed E-state index contributed by atoms with van der Waals surface area (Å²) in [6.07, 6.45) is 2.90. The number of carbonyl (C=O) groups excluding carboxylic acids is 1. The monoisotopic (exact) mass is 378 g/mol. The molecule has 0 radical (unpaired) electrons. The molecular formula is C17H28Cl2N2O3. The van der Waals surface area contributed by atoms with Crippen molar-refractivity contribution in [2.75, 3.05) is 26.7 Å². The number of hydrogen-bond donors (Lipinski definition) is 1. The third kappa shape index (κ3) is 7.26. The van der Waals surface area contributed by atoms with Crippen LogP contribution in [0.4, 0.5) is 0 Å². The third-order valence-electron chi connectivity index (χ3n) is 3.94.